The lowest BCUT2D eigenvalue weighted by atomic mass is 10.1. The number of imidazole rings is 1. The fourth-order valence-electron chi connectivity index (χ4n) is 3.01. The average molecular weight is 433 g/mol. The van der Waals surface area contributed by atoms with Crippen LogP contribution < -0.4 is 15.8 Å². The van der Waals surface area contributed by atoms with Gasteiger partial charge in [-0.15, -0.1) is 0 Å². The van der Waals surface area contributed by atoms with E-state index in [9.17, 15) is 9.18 Å². The number of ether oxygens (including phenoxy) is 1. The SMILES string of the molecule is C.NCc1ccnc(Oc2cccc(C(=O)NCc3ccc(-n4ccnc4)c(F)c3)c2)c1. The molecule has 164 valence electrons. The second-order valence-corrected chi connectivity index (χ2v) is 6.77. The van der Waals surface area contributed by atoms with Crippen molar-refractivity contribution in [2.24, 2.45) is 5.73 Å². The predicted octanol–water partition coefficient (Wildman–Crippen LogP) is 4.22. The van der Waals surface area contributed by atoms with Gasteiger partial charge in [-0.2, -0.15) is 0 Å². The van der Waals surface area contributed by atoms with E-state index < -0.39 is 5.82 Å². The second kappa shape index (κ2) is 10.3. The fourth-order valence-corrected chi connectivity index (χ4v) is 3.01. The first kappa shape index (κ1) is 22.6. The number of nitrogens with one attached hydrogen (secondary N) is 1. The summed E-state index contributed by atoms with van der Waals surface area (Å²) in [6.07, 6.45) is 6.38. The highest BCUT2D eigenvalue weighted by atomic mass is 19.1. The summed E-state index contributed by atoms with van der Waals surface area (Å²) in [6.45, 7) is 0.566. The van der Waals surface area contributed by atoms with Crippen molar-refractivity contribution >= 4 is 5.91 Å². The van der Waals surface area contributed by atoms with Crippen molar-refractivity contribution in [1.82, 2.24) is 19.9 Å². The van der Waals surface area contributed by atoms with Crippen LogP contribution >= 0.6 is 0 Å². The van der Waals surface area contributed by atoms with Gasteiger partial charge in [0.1, 0.15) is 11.6 Å². The molecule has 0 unspecified atom stereocenters. The van der Waals surface area contributed by atoms with Gasteiger partial charge >= 0.3 is 0 Å². The number of hydrogen-bond donors (Lipinski definition) is 2. The van der Waals surface area contributed by atoms with E-state index in [1.54, 1.807) is 65.6 Å². The first-order valence-electron chi connectivity index (χ1n) is 9.60. The molecule has 2 aromatic carbocycles. The van der Waals surface area contributed by atoms with Gasteiger partial charge in [0.25, 0.3) is 5.91 Å². The number of aromatic nitrogens is 3. The zero-order valence-electron chi connectivity index (χ0n) is 16.5. The van der Waals surface area contributed by atoms with Crippen LogP contribution in [0, 0.1) is 5.82 Å². The molecule has 0 radical (unpaired) electrons. The highest BCUT2D eigenvalue weighted by Gasteiger charge is 2.10. The van der Waals surface area contributed by atoms with Crippen LogP contribution in [0.2, 0.25) is 0 Å². The smallest absolute Gasteiger partial charge is 0.251 e. The van der Waals surface area contributed by atoms with Crippen LogP contribution in [0.3, 0.4) is 0 Å². The molecular weight excluding hydrogens is 409 g/mol. The number of hydrogen-bond acceptors (Lipinski definition) is 5. The molecule has 0 fully saturated rings. The largest absolute Gasteiger partial charge is 0.439 e. The molecule has 3 N–H and O–H groups in total. The number of pyridine rings is 1. The fraction of sp³-hybridized carbons (Fsp3) is 0.125. The number of halogens is 1. The maximum Gasteiger partial charge on any atom is 0.251 e. The summed E-state index contributed by atoms with van der Waals surface area (Å²) in [4.78, 5) is 20.6. The van der Waals surface area contributed by atoms with Gasteiger partial charge in [0.05, 0.1) is 12.0 Å². The Labute approximate surface area is 185 Å². The van der Waals surface area contributed by atoms with Crippen molar-refractivity contribution in [2.75, 3.05) is 0 Å². The summed E-state index contributed by atoms with van der Waals surface area (Å²) in [5.41, 5.74) is 7.99. The molecule has 0 atom stereocenters. The van der Waals surface area contributed by atoms with Gasteiger partial charge in [-0.05, 0) is 47.5 Å². The third-order valence-electron chi connectivity index (χ3n) is 4.60. The highest BCUT2D eigenvalue weighted by Crippen LogP contribution is 2.21. The third-order valence-corrected chi connectivity index (χ3v) is 4.60. The van der Waals surface area contributed by atoms with Gasteiger partial charge in [-0.1, -0.05) is 19.6 Å². The van der Waals surface area contributed by atoms with Crippen LogP contribution in [-0.4, -0.2) is 20.4 Å². The molecule has 0 aliphatic rings. The van der Waals surface area contributed by atoms with Crippen LogP contribution in [-0.2, 0) is 13.1 Å². The Hall–Kier alpha value is -4.04. The van der Waals surface area contributed by atoms with E-state index >= 15 is 0 Å². The van der Waals surface area contributed by atoms with E-state index in [4.69, 9.17) is 10.5 Å². The maximum atomic E-state index is 14.4. The summed E-state index contributed by atoms with van der Waals surface area (Å²) in [7, 11) is 0. The average Bonchev–Trinajstić information content (AvgIpc) is 3.32. The van der Waals surface area contributed by atoms with E-state index in [0.717, 1.165) is 5.56 Å². The molecule has 1 amide bonds. The molecular formula is C24H24FN5O2. The van der Waals surface area contributed by atoms with Gasteiger partial charge in [0.15, 0.2) is 0 Å². The molecule has 0 saturated carbocycles. The second-order valence-electron chi connectivity index (χ2n) is 6.77. The number of carbonyl (C=O) groups excluding carboxylic acids is 1. The van der Waals surface area contributed by atoms with Crippen LogP contribution in [0.1, 0.15) is 28.9 Å². The Kier molecular flexibility index (Phi) is 7.30. The Balaban J connectivity index is 0.00000289. The lowest BCUT2D eigenvalue weighted by molar-refractivity contribution is 0.0950. The molecule has 8 heteroatoms. The first-order chi connectivity index (χ1) is 15.1. The molecule has 7 nitrogen and oxygen atoms in total. The van der Waals surface area contributed by atoms with E-state index in [1.165, 1.54) is 12.4 Å². The minimum absolute atomic E-state index is 0. The van der Waals surface area contributed by atoms with Gasteiger partial charge in [0.2, 0.25) is 5.88 Å². The van der Waals surface area contributed by atoms with Gasteiger partial charge in [0, 0.05) is 43.3 Å². The standard InChI is InChI=1S/C23H20FN5O2.CH4/c24-20-10-17(4-5-21(20)29-9-8-26-15-29)14-28-23(30)18-2-1-3-19(12-18)31-22-11-16(13-25)6-7-27-22;/h1-12,15H,13-14,25H2,(H,28,30);1H4. The van der Waals surface area contributed by atoms with E-state index in [2.05, 4.69) is 15.3 Å². The lowest BCUT2D eigenvalue weighted by Crippen LogP contribution is -2.22. The van der Waals surface area contributed by atoms with Crippen molar-refractivity contribution in [3.05, 3.63) is 102 Å². The van der Waals surface area contributed by atoms with E-state index in [-0.39, 0.29) is 19.9 Å². The molecule has 4 aromatic rings. The van der Waals surface area contributed by atoms with E-state index in [1.807, 2.05) is 6.07 Å². The zero-order valence-corrected chi connectivity index (χ0v) is 16.5. The summed E-state index contributed by atoms with van der Waals surface area (Å²) < 4.78 is 21.7. The van der Waals surface area contributed by atoms with Crippen LogP contribution in [0.25, 0.3) is 5.69 Å². The van der Waals surface area contributed by atoms with Gasteiger partial charge in [-0.25, -0.2) is 14.4 Å². The summed E-state index contributed by atoms with van der Waals surface area (Å²) in [5, 5.41) is 2.79. The molecule has 0 aliphatic carbocycles. The number of carbonyl (C=O) groups is 1. The molecule has 0 saturated heterocycles. The van der Waals surface area contributed by atoms with Crippen molar-refractivity contribution < 1.29 is 13.9 Å². The van der Waals surface area contributed by atoms with Crippen LogP contribution in [0.5, 0.6) is 11.6 Å². The number of nitrogens with zero attached hydrogens (tertiary/aromatic N) is 3. The number of nitrogens with two attached hydrogens (primary N) is 1. The molecule has 4 rings (SSSR count). The molecule has 2 heterocycles. The quantitative estimate of drug-likeness (QED) is 0.455. The minimum atomic E-state index is -0.396. The van der Waals surface area contributed by atoms with Gasteiger partial charge in [-0.3, -0.25) is 4.79 Å². The molecule has 0 bridgehead atoms. The van der Waals surface area contributed by atoms with Crippen molar-refractivity contribution in [3.63, 3.8) is 0 Å². The van der Waals surface area contributed by atoms with Crippen molar-refractivity contribution in [2.45, 2.75) is 20.5 Å². The lowest BCUT2D eigenvalue weighted by Gasteiger charge is -2.10. The first-order valence-corrected chi connectivity index (χ1v) is 9.60. The Morgan fingerprint density at radius 1 is 1.09 bits per heavy atom. The Morgan fingerprint density at radius 2 is 1.97 bits per heavy atom. The van der Waals surface area contributed by atoms with E-state index in [0.29, 0.717) is 35.0 Å². The summed E-state index contributed by atoms with van der Waals surface area (Å²) in [6, 6.07) is 15.1. The highest BCUT2D eigenvalue weighted by molar-refractivity contribution is 5.94. The normalized spacial score (nSPS) is 10.3. The molecule has 32 heavy (non-hydrogen) atoms. The van der Waals surface area contributed by atoms with Crippen LogP contribution in [0.4, 0.5) is 4.39 Å². The molecule has 0 aliphatic heterocycles. The van der Waals surface area contributed by atoms with Crippen molar-refractivity contribution in [3.8, 4) is 17.3 Å². The number of benzene rings is 2. The number of rotatable bonds is 7. The third kappa shape index (κ3) is 5.35. The summed E-state index contributed by atoms with van der Waals surface area (Å²) in [5.74, 6) is 0.180. The molecule has 0 spiro atoms. The number of amides is 1. The van der Waals surface area contributed by atoms with Crippen LogP contribution in [0.15, 0.2) is 79.5 Å². The summed E-state index contributed by atoms with van der Waals surface area (Å²) >= 11 is 0. The molecule has 2 aromatic heterocycles. The van der Waals surface area contributed by atoms with Gasteiger partial charge < -0.3 is 20.4 Å². The van der Waals surface area contributed by atoms with Crippen molar-refractivity contribution in [1.29, 1.82) is 0 Å². The predicted molar refractivity (Wildman–Crippen MR) is 120 cm³/mol. The topological polar surface area (TPSA) is 95.1 Å². The maximum absolute atomic E-state index is 14.4. The minimum Gasteiger partial charge on any atom is -0.439 e. The zero-order chi connectivity index (χ0) is 21.6. The monoisotopic (exact) mass is 433 g/mol. The Bertz CT molecular complexity index is 1190. The Morgan fingerprint density at radius 3 is 2.72 bits per heavy atom.